The third-order valence-electron chi connectivity index (χ3n) is 1.47. The summed E-state index contributed by atoms with van der Waals surface area (Å²) in [6, 6.07) is -0.301. The molecule has 0 saturated carbocycles. The summed E-state index contributed by atoms with van der Waals surface area (Å²) in [4.78, 5) is 21.2. The maximum atomic E-state index is 11.1. The fourth-order valence-electron chi connectivity index (χ4n) is 0.827. The Hall–Kier alpha value is -1.39. The van der Waals surface area contributed by atoms with E-state index in [9.17, 15) is 9.59 Å². The lowest BCUT2D eigenvalue weighted by molar-refractivity contribution is -0.142. The molecule has 0 aromatic rings. The predicted molar refractivity (Wildman–Crippen MR) is 66.0 cm³/mol. The summed E-state index contributed by atoms with van der Waals surface area (Å²) in [5.74, 6) is 2.84. The monoisotopic (exact) mass is 260 g/mol. The minimum absolute atomic E-state index is 0.172. The average molecular weight is 260 g/mol. The van der Waals surface area contributed by atoms with Crippen molar-refractivity contribution in [1.82, 2.24) is 10.6 Å². The van der Waals surface area contributed by atoms with Crippen molar-refractivity contribution in [2.75, 3.05) is 37.8 Å². The van der Waals surface area contributed by atoms with Crippen LogP contribution in [0.1, 0.15) is 0 Å². The van der Waals surface area contributed by atoms with Gasteiger partial charge in [0, 0.05) is 18.8 Å². The van der Waals surface area contributed by atoms with E-state index in [4.69, 9.17) is 16.3 Å². The summed E-state index contributed by atoms with van der Waals surface area (Å²) in [6.07, 6.45) is 5.06. The average Bonchev–Trinajstić information content (AvgIpc) is 2.28. The molecule has 0 fully saturated rings. The van der Waals surface area contributed by atoms with Gasteiger partial charge in [-0.3, -0.25) is 0 Å². The molecule has 0 unspecified atom stereocenters. The molecule has 0 aromatic heterocycles. The zero-order valence-corrected chi connectivity index (χ0v) is 10.2. The van der Waals surface area contributed by atoms with Crippen LogP contribution in [-0.4, -0.2) is 54.9 Å². The van der Waals surface area contributed by atoms with Gasteiger partial charge in [0.25, 0.3) is 0 Å². The number of thioether (sulfide) groups is 1. The van der Waals surface area contributed by atoms with Crippen LogP contribution in [0.5, 0.6) is 0 Å². The van der Waals surface area contributed by atoms with Crippen LogP contribution in [0.2, 0.25) is 0 Å². The number of carboxylic acid groups (broad SMARTS) is 1. The summed E-state index contributed by atoms with van der Waals surface area (Å²) in [6.45, 7) is 0.627. The highest BCUT2D eigenvalue weighted by Crippen LogP contribution is 1.94. The van der Waals surface area contributed by atoms with Crippen molar-refractivity contribution in [2.24, 2.45) is 0 Å². The third-order valence-corrected chi connectivity index (χ3v) is 2.34. The van der Waals surface area contributed by atoms with E-state index in [1.165, 1.54) is 0 Å². The fourth-order valence-corrected chi connectivity index (χ4v) is 1.34. The van der Waals surface area contributed by atoms with Gasteiger partial charge in [-0.1, -0.05) is 5.92 Å². The van der Waals surface area contributed by atoms with Gasteiger partial charge in [0.1, 0.15) is 6.61 Å². The number of rotatable bonds is 9. The van der Waals surface area contributed by atoms with Crippen LogP contribution >= 0.6 is 11.8 Å². The van der Waals surface area contributed by atoms with Crippen molar-refractivity contribution in [1.29, 1.82) is 0 Å². The Morgan fingerprint density at radius 2 is 2.06 bits per heavy atom. The molecule has 3 N–H and O–H groups in total. The van der Waals surface area contributed by atoms with Crippen molar-refractivity contribution in [3.05, 3.63) is 0 Å². The third kappa shape index (κ3) is 12.5. The lowest BCUT2D eigenvalue weighted by Crippen LogP contribution is -2.38. The highest BCUT2D eigenvalue weighted by molar-refractivity contribution is 7.99. The number of nitrogens with one attached hydrogen (secondary N) is 2. The van der Waals surface area contributed by atoms with Gasteiger partial charge in [0.2, 0.25) is 0 Å². The fraction of sp³-hybridized carbons (Fsp3) is 0.600. The van der Waals surface area contributed by atoms with E-state index in [1.807, 2.05) is 0 Å². The first-order valence-electron chi connectivity index (χ1n) is 4.99. The van der Waals surface area contributed by atoms with E-state index in [0.29, 0.717) is 12.3 Å². The van der Waals surface area contributed by atoms with E-state index < -0.39 is 5.97 Å². The summed E-state index contributed by atoms with van der Waals surface area (Å²) in [7, 11) is 0. The molecule has 0 radical (unpaired) electrons. The molecule has 0 atom stereocenters. The van der Waals surface area contributed by atoms with Crippen LogP contribution in [0.15, 0.2) is 0 Å². The number of ether oxygens (including phenoxy) is 1. The van der Waals surface area contributed by atoms with Crippen LogP contribution < -0.4 is 10.6 Å². The quantitative estimate of drug-likeness (QED) is 0.393. The Morgan fingerprint density at radius 1 is 1.35 bits per heavy atom. The number of amides is 2. The molecule has 0 saturated heterocycles. The zero-order chi connectivity index (χ0) is 12.9. The van der Waals surface area contributed by atoms with E-state index >= 15 is 0 Å². The second-order valence-corrected chi connectivity index (χ2v) is 3.99. The lowest BCUT2D eigenvalue weighted by atomic mass is 10.6. The van der Waals surface area contributed by atoms with Gasteiger partial charge >= 0.3 is 12.0 Å². The van der Waals surface area contributed by atoms with Gasteiger partial charge in [0.15, 0.2) is 0 Å². The molecule has 0 aliphatic heterocycles. The molecule has 0 spiro atoms. The Morgan fingerprint density at radius 3 is 2.71 bits per heavy atom. The van der Waals surface area contributed by atoms with Gasteiger partial charge < -0.3 is 20.5 Å². The first kappa shape index (κ1) is 15.6. The molecule has 0 bridgehead atoms. The number of carbonyl (C=O) groups is 2. The van der Waals surface area contributed by atoms with E-state index in [-0.39, 0.29) is 25.8 Å². The van der Waals surface area contributed by atoms with Crippen molar-refractivity contribution < 1.29 is 19.4 Å². The van der Waals surface area contributed by atoms with Crippen molar-refractivity contribution >= 4 is 23.8 Å². The molecular formula is C10H16N2O4S. The number of carbonyl (C=O) groups excluding carboxylic acids is 1. The Balaban J connectivity index is 3.24. The van der Waals surface area contributed by atoms with Crippen LogP contribution in [0, 0.1) is 12.3 Å². The SMILES string of the molecule is C#CCSCCNC(=O)NCCOCC(=O)O. The molecule has 0 aliphatic carbocycles. The van der Waals surface area contributed by atoms with Gasteiger partial charge in [-0.25, -0.2) is 9.59 Å². The van der Waals surface area contributed by atoms with Gasteiger partial charge in [-0.15, -0.1) is 18.2 Å². The minimum atomic E-state index is -1.03. The smallest absolute Gasteiger partial charge is 0.329 e. The number of hydrogen-bond acceptors (Lipinski definition) is 4. The normalized spacial score (nSPS) is 9.35. The molecule has 0 aliphatic rings. The van der Waals surface area contributed by atoms with Gasteiger partial charge in [-0.05, 0) is 0 Å². The second-order valence-electron chi connectivity index (χ2n) is 2.89. The van der Waals surface area contributed by atoms with Gasteiger partial charge in [-0.2, -0.15) is 0 Å². The molecule has 2 amide bonds. The largest absolute Gasteiger partial charge is 0.480 e. The van der Waals surface area contributed by atoms with E-state index in [1.54, 1.807) is 11.8 Å². The molecule has 0 heterocycles. The number of hydrogen-bond donors (Lipinski definition) is 3. The molecule has 0 rings (SSSR count). The van der Waals surface area contributed by atoms with Crippen LogP contribution in [0.3, 0.4) is 0 Å². The highest BCUT2D eigenvalue weighted by Gasteiger charge is 1.99. The maximum Gasteiger partial charge on any atom is 0.329 e. The molecular weight excluding hydrogens is 244 g/mol. The zero-order valence-electron chi connectivity index (χ0n) is 9.40. The molecule has 0 aromatic carbocycles. The van der Waals surface area contributed by atoms with Crippen LogP contribution in [0.25, 0.3) is 0 Å². The van der Waals surface area contributed by atoms with Gasteiger partial charge in [0.05, 0.1) is 12.4 Å². The summed E-state index contributed by atoms with van der Waals surface area (Å²) in [5, 5.41) is 13.4. The number of carboxylic acids is 1. The van der Waals surface area contributed by atoms with Crippen molar-refractivity contribution in [3.63, 3.8) is 0 Å². The Kier molecular flexibility index (Phi) is 10.2. The van der Waals surface area contributed by atoms with Crippen LogP contribution in [-0.2, 0) is 9.53 Å². The number of terminal acetylenes is 1. The molecule has 7 heteroatoms. The standard InChI is InChI=1S/C10H16N2O4S/c1-2-6-17-7-4-12-10(15)11-3-5-16-8-9(13)14/h1H,3-8H2,(H,13,14)(H2,11,12,15). The van der Waals surface area contributed by atoms with Crippen molar-refractivity contribution in [2.45, 2.75) is 0 Å². The Labute approximate surface area is 104 Å². The molecule has 6 nitrogen and oxygen atoms in total. The topological polar surface area (TPSA) is 87.7 Å². The summed E-state index contributed by atoms with van der Waals surface area (Å²) in [5.41, 5.74) is 0. The van der Waals surface area contributed by atoms with E-state index in [2.05, 4.69) is 16.6 Å². The van der Waals surface area contributed by atoms with Crippen LogP contribution in [0.4, 0.5) is 4.79 Å². The lowest BCUT2D eigenvalue weighted by Gasteiger charge is -2.06. The maximum absolute atomic E-state index is 11.1. The second kappa shape index (κ2) is 11.1. The molecule has 17 heavy (non-hydrogen) atoms. The summed E-state index contributed by atoms with van der Waals surface area (Å²) < 4.78 is 4.73. The number of aliphatic carboxylic acids is 1. The first-order valence-corrected chi connectivity index (χ1v) is 6.14. The minimum Gasteiger partial charge on any atom is -0.480 e. The first-order chi connectivity index (χ1) is 8.16. The Bertz CT molecular complexity index is 278. The van der Waals surface area contributed by atoms with Crippen molar-refractivity contribution in [3.8, 4) is 12.3 Å². The molecule has 96 valence electrons. The van der Waals surface area contributed by atoms with E-state index in [0.717, 1.165) is 5.75 Å². The number of urea groups is 1. The highest BCUT2D eigenvalue weighted by atomic mass is 32.2. The predicted octanol–water partition coefficient (Wildman–Crippen LogP) is -0.247. The summed E-state index contributed by atoms with van der Waals surface area (Å²) >= 11 is 1.56.